The molecule has 0 radical (unpaired) electrons. The summed E-state index contributed by atoms with van der Waals surface area (Å²) in [7, 11) is 0. The fourth-order valence-electron chi connectivity index (χ4n) is 3.56. The van der Waals surface area contributed by atoms with E-state index in [1.165, 1.54) is 4.90 Å². The number of hydrogen-bond donors (Lipinski definition) is 2. The topological polar surface area (TPSA) is 59.8 Å². The molecule has 1 atom stereocenters. The molecule has 1 aromatic carbocycles. The van der Waals surface area contributed by atoms with Crippen LogP contribution in [0, 0.1) is 5.92 Å². The van der Waals surface area contributed by atoms with Crippen LogP contribution < -0.4 is 10.2 Å². The van der Waals surface area contributed by atoms with Crippen molar-refractivity contribution in [3.8, 4) is 0 Å². The fraction of sp³-hybridized carbons (Fsp3) is 0.429. The van der Waals surface area contributed by atoms with Gasteiger partial charge < -0.3 is 15.0 Å². The minimum atomic E-state index is -0.116. The highest BCUT2D eigenvalue weighted by molar-refractivity contribution is 7.10. The van der Waals surface area contributed by atoms with Crippen molar-refractivity contribution in [2.24, 2.45) is 5.92 Å². The van der Waals surface area contributed by atoms with E-state index in [0.29, 0.717) is 13.2 Å². The summed E-state index contributed by atoms with van der Waals surface area (Å²) in [4.78, 5) is 26.9. The number of thiophene rings is 1. The summed E-state index contributed by atoms with van der Waals surface area (Å²) in [5, 5.41) is 5.23. The number of amides is 1. The number of rotatable bonds is 7. The minimum absolute atomic E-state index is 0.0139. The average Bonchev–Trinajstić information content (AvgIpc) is 3.22. The van der Waals surface area contributed by atoms with Crippen molar-refractivity contribution in [2.45, 2.75) is 25.8 Å². The Morgan fingerprint density at radius 2 is 1.93 bits per heavy atom. The molecule has 2 N–H and O–H groups in total. The lowest BCUT2D eigenvalue weighted by Crippen LogP contribution is -3.14. The Hall–Kier alpha value is -2.18. The van der Waals surface area contributed by atoms with Crippen molar-refractivity contribution in [2.75, 3.05) is 26.2 Å². The van der Waals surface area contributed by atoms with E-state index in [1.54, 1.807) is 11.3 Å². The van der Waals surface area contributed by atoms with Crippen molar-refractivity contribution >= 4 is 23.2 Å². The Morgan fingerprint density at radius 1 is 1.19 bits per heavy atom. The first kappa shape index (κ1) is 19.6. The van der Waals surface area contributed by atoms with Crippen LogP contribution in [0.3, 0.4) is 0 Å². The monoisotopic (exact) mass is 387 g/mol. The van der Waals surface area contributed by atoms with Crippen LogP contribution >= 0.6 is 11.3 Å². The quantitative estimate of drug-likeness (QED) is 0.713. The zero-order valence-electron chi connectivity index (χ0n) is 15.6. The van der Waals surface area contributed by atoms with E-state index in [9.17, 15) is 9.59 Å². The molecular weight excluding hydrogens is 360 g/mol. The minimum Gasteiger partial charge on any atom is -0.466 e. The van der Waals surface area contributed by atoms with Gasteiger partial charge in [-0.15, -0.1) is 11.3 Å². The Bertz CT molecular complexity index is 725. The summed E-state index contributed by atoms with van der Waals surface area (Å²) < 4.78 is 5.11. The molecule has 1 fully saturated rings. The van der Waals surface area contributed by atoms with Gasteiger partial charge in [-0.05, 0) is 23.9 Å². The molecular formula is C21H27N2O3S+. The predicted molar refractivity (Wildman–Crippen MR) is 106 cm³/mol. The van der Waals surface area contributed by atoms with Gasteiger partial charge >= 0.3 is 5.97 Å². The number of carbonyl (C=O) groups excluding carboxylic acids is 2. The van der Waals surface area contributed by atoms with Crippen LogP contribution in [0.25, 0.3) is 0 Å². The Kier molecular flexibility index (Phi) is 7.01. The lowest BCUT2D eigenvalue weighted by molar-refractivity contribution is -0.897. The highest BCUT2D eigenvalue weighted by Gasteiger charge is 2.30. The Labute approximate surface area is 164 Å². The van der Waals surface area contributed by atoms with E-state index in [0.717, 1.165) is 36.4 Å². The van der Waals surface area contributed by atoms with Gasteiger partial charge in [0.2, 0.25) is 0 Å². The van der Waals surface area contributed by atoms with Crippen LogP contribution in [0.4, 0.5) is 0 Å². The molecule has 2 aromatic rings. The molecule has 3 rings (SSSR count). The summed E-state index contributed by atoms with van der Waals surface area (Å²) in [5.74, 6) is -0.0652. The zero-order chi connectivity index (χ0) is 19.1. The molecule has 0 bridgehead atoms. The number of carbonyl (C=O) groups is 2. The normalized spacial score (nSPS) is 20.6. The summed E-state index contributed by atoms with van der Waals surface area (Å²) in [6.07, 6.45) is 1.57. The number of piperidine rings is 1. The molecule has 0 saturated carbocycles. The van der Waals surface area contributed by atoms with Gasteiger partial charge in [0.1, 0.15) is 0 Å². The van der Waals surface area contributed by atoms with Gasteiger partial charge in [-0.1, -0.05) is 36.4 Å². The van der Waals surface area contributed by atoms with Crippen molar-refractivity contribution in [1.82, 2.24) is 5.32 Å². The molecule has 1 saturated heterocycles. The number of esters is 1. The van der Waals surface area contributed by atoms with Gasteiger partial charge in [-0.25, -0.2) is 0 Å². The second-order valence-corrected chi connectivity index (χ2v) is 7.86. The number of benzene rings is 1. The van der Waals surface area contributed by atoms with Crippen LogP contribution in [0.1, 0.15) is 36.2 Å². The van der Waals surface area contributed by atoms with Crippen molar-refractivity contribution < 1.29 is 19.2 Å². The summed E-state index contributed by atoms with van der Waals surface area (Å²) >= 11 is 1.65. The van der Waals surface area contributed by atoms with Crippen LogP contribution in [-0.2, 0) is 14.3 Å². The molecule has 1 aromatic heterocycles. The molecule has 1 aliphatic heterocycles. The molecule has 0 spiro atoms. The number of quaternary nitrogens is 1. The average molecular weight is 388 g/mol. The summed E-state index contributed by atoms with van der Waals surface area (Å²) in [6, 6.07) is 14.0. The number of nitrogens with one attached hydrogen (secondary N) is 2. The lowest BCUT2D eigenvalue weighted by atomic mass is 9.97. The SMILES string of the molecule is CCOC(=O)C1CC[NH+](CC(=O)N[C@H](c2ccccc2)c2cccs2)CC1. The summed E-state index contributed by atoms with van der Waals surface area (Å²) in [5.41, 5.74) is 1.09. The molecule has 27 heavy (non-hydrogen) atoms. The molecule has 144 valence electrons. The third-order valence-electron chi connectivity index (χ3n) is 4.99. The van der Waals surface area contributed by atoms with Crippen LogP contribution in [0.5, 0.6) is 0 Å². The Morgan fingerprint density at radius 3 is 2.56 bits per heavy atom. The van der Waals surface area contributed by atoms with Gasteiger partial charge in [0.05, 0.1) is 31.7 Å². The largest absolute Gasteiger partial charge is 0.466 e. The predicted octanol–water partition coefficient (Wildman–Crippen LogP) is 1.81. The van der Waals surface area contributed by atoms with Crippen molar-refractivity contribution in [1.29, 1.82) is 0 Å². The maximum absolute atomic E-state index is 12.7. The fourth-order valence-corrected chi connectivity index (χ4v) is 4.36. The first-order valence-corrected chi connectivity index (χ1v) is 10.4. The number of hydrogen-bond acceptors (Lipinski definition) is 4. The van der Waals surface area contributed by atoms with E-state index in [1.807, 2.05) is 48.7 Å². The molecule has 1 amide bonds. The zero-order valence-corrected chi connectivity index (χ0v) is 16.5. The highest BCUT2D eigenvalue weighted by Crippen LogP contribution is 2.25. The highest BCUT2D eigenvalue weighted by atomic mass is 32.1. The second kappa shape index (κ2) is 9.67. The third kappa shape index (κ3) is 5.40. The van der Waals surface area contributed by atoms with Gasteiger partial charge in [0.25, 0.3) is 5.91 Å². The van der Waals surface area contributed by atoms with Crippen LogP contribution in [0.15, 0.2) is 47.8 Å². The Balaban J connectivity index is 1.56. The van der Waals surface area contributed by atoms with E-state index >= 15 is 0 Å². The molecule has 1 aliphatic rings. The molecule has 0 aliphatic carbocycles. The third-order valence-corrected chi connectivity index (χ3v) is 5.93. The lowest BCUT2D eigenvalue weighted by Gasteiger charge is -2.28. The maximum atomic E-state index is 12.7. The summed E-state index contributed by atoms with van der Waals surface area (Å²) in [6.45, 7) is 4.35. The van der Waals surface area contributed by atoms with E-state index in [-0.39, 0.29) is 23.8 Å². The van der Waals surface area contributed by atoms with E-state index in [4.69, 9.17) is 4.74 Å². The van der Waals surface area contributed by atoms with Gasteiger partial charge in [0.15, 0.2) is 6.54 Å². The van der Waals surface area contributed by atoms with E-state index in [2.05, 4.69) is 11.4 Å². The van der Waals surface area contributed by atoms with Gasteiger partial charge in [-0.3, -0.25) is 9.59 Å². The van der Waals surface area contributed by atoms with Gasteiger partial charge in [0, 0.05) is 17.7 Å². The number of likely N-dealkylation sites (tertiary alicyclic amines) is 1. The van der Waals surface area contributed by atoms with E-state index < -0.39 is 0 Å². The first-order valence-electron chi connectivity index (χ1n) is 9.55. The van der Waals surface area contributed by atoms with Crippen LogP contribution in [0.2, 0.25) is 0 Å². The molecule has 6 heteroatoms. The second-order valence-electron chi connectivity index (χ2n) is 6.88. The smallest absolute Gasteiger partial charge is 0.309 e. The van der Waals surface area contributed by atoms with Crippen molar-refractivity contribution in [3.63, 3.8) is 0 Å². The van der Waals surface area contributed by atoms with Crippen molar-refractivity contribution in [3.05, 3.63) is 58.3 Å². The first-order chi connectivity index (χ1) is 13.2. The van der Waals surface area contributed by atoms with Crippen LogP contribution in [-0.4, -0.2) is 38.1 Å². The molecule has 5 nitrogen and oxygen atoms in total. The molecule has 0 unspecified atom stereocenters. The maximum Gasteiger partial charge on any atom is 0.309 e. The van der Waals surface area contributed by atoms with Gasteiger partial charge in [-0.2, -0.15) is 0 Å². The number of ether oxygens (including phenoxy) is 1. The molecule has 2 heterocycles. The standard InChI is InChI=1S/C21H26N2O3S/c1-2-26-21(25)17-10-12-23(13-11-17)15-19(24)22-20(18-9-6-14-27-18)16-7-4-3-5-8-16/h3-9,14,17,20H,2,10-13,15H2,1H3,(H,22,24)/p+1/t20-/m1/s1.